The Balaban J connectivity index is 1.52. The Bertz CT molecular complexity index is 912. The summed E-state index contributed by atoms with van der Waals surface area (Å²) in [6.07, 6.45) is 4.46. The lowest BCUT2D eigenvalue weighted by Crippen LogP contribution is -2.29. The van der Waals surface area contributed by atoms with Gasteiger partial charge in [-0.1, -0.05) is 42.5 Å². The molecule has 2 aromatic carbocycles. The molecular formula is C22H19FN2O. The average molecular weight is 346 g/mol. The van der Waals surface area contributed by atoms with Gasteiger partial charge in [0.25, 0.3) is 5.91 Å². The lowest BCUT2D eigenvalue weighted by atomic mass is 10.0. The summed E-state index contributed by atoms with van der Waals surface area (Å²) in [4.78, 5) is 18.6. The Labute approximate surface area is 152 Å². The van der Waals surface area contributed by atoms with Gasteiger partial charge in [0.2, 0.25) is 0 Å². The topological polar surface area (TPSA) is 33.2 Å². The Morgan fingerprint density at radius 3 is 2.62 bits per heavy atom. The maximum absolute atomic E-state index is 14.6. The lowest BCUT2D eigenvalue weighted by molar-refractivity contribution is 0.0786. The molecule has 0 radical (unpaired) electrons. The highest BCUT2D eigenvalue weighted by atomic mass is 19.1. The van der Waals surface area contributed by atoms with E-state index in [2.05, 4.69) is 4.98 Å². The standard InChI is InChI=1S/C22H19FN2O/c23-21-13-17(16-5-2-1-3-6-16)8-9-20(21)22(26)25-12-10-19(15-25)18-7-4-11-24-14-18/h1-9,11,13-14,19H,10,12,15H2. The first-order valence-corrected chi connectivity index (χ1v) is 8.76. The molecular weight excluding hydrogens is 327 g/mol. The number of pyridine rings is 1. The number of benzene rings is 2. The van der Waals surface area contributed by atoms with Crippen molar-refractivity contribution in [2.75, 3.05) is 13.1 Å². The number of nitrogens with zero attached hydrogens (tertiary/aromatic N) is 2. The van der Waals surface area contributed by atoms with Gasteiger partial charge in [-0.15, -0.1) is 0 Å². The van der Waals surface area contributed by atoms with Gasteiger partial charge in [0.15, 0.2) is 0 Å². The van der Waals surface area contributed by atoms with E-state index in [1.807, 2.05) is 48.7 Å². The van der Waals surface area contributed by atoms with Crippen LogP contribution in [0.25, 0.3) is 11.1 Å². The fourth-order valence-corrected chi connectivity index (χ4v) is 3.50. The van der Waals surface area contributed by atoms with Crippen LogP contribution in [0.5, 0.6) is 0 Å². The summed E-state index contributed by atoms with van der Waals surface area (Å²) in [6.45, 7) is 1.24. The second kappa shape index (κ2) is 7.08. The molecule has 1 fully saturated rings. The van der Waals surface area contributed by atoms with Crippen molar-refractivity contribution in [2.45, 2.75) is 12.3 Å². The van der Waals surface area contributed by atoms with E-state index in [0.29, 0.717) is 13.1 Å². The zero-order chi connectivity index (χ0) is 17.9. The summed E-state index contributed by atoms with van der Waals surface area (Å²) in [5, 5.41) is 0. The molecule has 0 spiro atoms. The zero-order valence-corrected chi connectivity index (χ0v) is 14.3. The third kappa shape index (κ3) is 3.23. The maximum Gasteiger partial charge on any atom is 0.256 e. The monoisotopic (exact) mass is 346 g/mol. The Hall–Kier alpha value is -3.01. The molecule has 1 atom stereocenters. The van der Waals surface area contributed by atoms with E-state index in [4.69, 9.17) is 0 Å². The van der Waals surface area contributed by atoms with Crippen molar-refractivity contribution < 1.29 is 9.18 Å². The highest BCUT2D eigenvalue weighted by Crippen LogP contribution is 2.29. The van der Waals surface area contributed by atoms with Crippen LogP contribution in [0.15, 0.2) is 73.1 Å². The lowest BCUT2D eigenvalue weighted by Gasteiger charge is -2.17. The summed E-state index contributed by atoms with van der Waals surface area (Å²) in [6, 6.07) is 18.4. The molecule has 0 saturated carbocycles. The molecule has 26 heavy (non-hydrogen) atoms. The normalized spacial score (nSPS) is 16.7. The highest BCUT2D eigenvalue weighted by Gasteiger charge is 2.29. The van der Waals surface area contributed by atoms with E-state index in [1.165, 1.54) is 6.07 Å². The van der Waals surface area contributed by atoms with Gasteiger partial charge in [-0.2, -0.15) is 0 Å². The quantitative estimate of drug-likeness (QED) is 0.699. The van der Waals surface area contributed by atoms with E-state index in [-0.39, 0.29) is 17.4 Å². The molecule has 1 aliphatic heterocycles. The van der Waals surface area contributed by atoms with Gasteiger partial charge < -0.3 is 4.90 Å². The molecule has 1 amide bonds. The molecule has 1 saturated heterocycles. The predicted octanol–water partition coefficient (Wildman–Crippen LogP) is 4.52. The predicted molar refractivity (Wildman–Crippen MR) is 99.3 cm³/mol. The second-order valence-electron chi connectivity index (χ2n) is 6.58. The van der Waals surface area contributed by atoms with Crippen molar-refractivity contribution in [2.24, 2.45) is 0 Å². The van der Waals surface area contributed by atoms with Gasteiger partial charge in [0.1, 0.15) is 5.82 Å². The first kappa shape index (κ1) is 16.5. The minimum atomic E-state index is -0.471. The van der Waals surface area contributed by atoms with Gasteiger partial charge in [-0.25, -0.2) is 4.39 Å². The number of likely N-dealkylation sites (tertiary alicyclic amines) is 1. The molecule has 0 aliphatic carbocycles. The van der Waals surface area contributed by atoms with E-state index < -0.39 is 5.82 Å². The van der Waals surface area contributed by atoms with Crippen molar-refractivity contribution in [3.8, 4) is 11.1 Å². The van der Waals surface area contributed by atoms with Crippen LogP contribution in [0.2, 0.25) is 0 Å². The summed E-state index contributed by atoms with van der Waals surface area (Å²) in [5.41, 5.74) is 2.97. The number of hydrogen-bond acceptors (Lipinski definition) is 2. The Morgan fingerprint density at radius 2 is 1.88 bits per heavy atom. The van der Waals surface area contributed by atoms with Gasteiger partial charge in [0.05, 0.1) is 5.56 Å². The summed E-state index contributed by atoms with van der Waals surface area (Å²) < 4.78 is 14.6. The minimum Gasteiger partial charge on any atom is -0.338 e. The van der Waals surface area contributed by atoms with Crippen molar-refractivity contribution in [3.05, 3.63) is 90.0 Å². The molecule has 4 heteroatoms. The summed E-state index contributed by atoms with van der Waals surface area (Å²) in [7, 11) is 0. The number of amides is 1. The molecule has 0 bridgehead atoms. The van der Waals surface area contributed by atoms with Crippen LogP contribution < -0.4 is 0 Å². The van der Waals surface area contributed by atoms with Crippen LogP contribution in [-0.4, -0.2) is 28.9 Å². The summed E-state index contributed by atoms with van der Waals surface area (Å²) in [5.74, 6) is -0.450. The maximum atomic E-state index is 14.6. The van der Waals surface area contributed by atoms with E-state index in [1.54, 1.807) is 23.2 Å². The molecule has 1 aliphatic rings. The van der Waals surface area contributed by atoms with Crippen LogP contribution >= 0.6 is 0 Å². The largest absolute Gasteiger partial charge is 0.338 e. The van der Waals surface area contributed by atoms with Gasteiger partial charge in [-0.05, 0) is 41.3 Å². The number of carbonyl (C=O) groups excluding carboxylic acids is 1. The molecule has 1 aromatic heterocycles. The molecule has 3 aromatic rings. The third-order valence-electron chi connectivity index (χ3n) is 4.94. The van der Waals surface area contributed by atoms with Gasteiger partial charge in [-0.3, -0.25) is 9.78 Å². The van der Waals surface area contributed by atoms with Gasteiger partial charge >= 0.3 is 0 Å². The van der Waals surface area contributed by atoms with Crippen LogP contribution in [0.3, 0.4) is 0 Å². The second-order valence-corrected chi connectivity index (χ2v) is 6.58. The third-order valence-corrected chi connectivity index (χ3v) is 4.94. The summed E-state index contributed by atoms with van der Waals surface area (Å²) >= 11 is 0. The van der Waals surface area contributed by atoms with Crippen molar-refractivity contribution in [1.82, 2.24) is 9.88 Å². The molecule has 0 N–H and O–H groups in total. The minimum absolute atomic E-state index is 0.136. The molecule has 130 valence electrons. The fourth-order valence-electron chi connectivity index (χ4n) is 3.50. The van der Waals surface area contributed by atoms with Crippen LogP contribution in [0, 0.1) is 5.82 Å². The van der Waals surface area contributed by atoms with E-state index in [0.717, 1.165) is 23.1 Å². The van der Waals surface area contributed by atoms with Crippen molar-refractivity contribution in [3.63, 3.8) is 0 Å². The van der Waals surface area contributed by atoms with Gasteiger partial charge in [0, 0.05) is 31.4 Å². The molecule has 1 unspecified atom stereocenters. The van der Waals surface area contributed by atoms with E-state index in [9.17, 15) is 9.18 Å². The number of halogens is 1. The average Bonchev–Trinajstić information content (AvgIpc) is 3.19. The van der Waals surface area contributed by atoms with E-state index >= 15 is 0 Å². The first-order valence-electron chi connectivity index (χ1n) is 8.76. The number of aromatic nitrogens is 1. The zero-order valence-electron chi connectivity index (χ0n) is 14.3. The fraction of sp³-hybridized carbons (Fsp3) is 0.182. The Kier molecular flexibility index (Phi) is 4.48. The molecule has 3 nitrogen and oxygen atoms in total. The smallest absolute Gasteiger partial charge is 0.256 e. The van der Waals surface area contributed by atoms with Crippen molar-refractivity contribution in [1.29, 1.82) is 0 Å². The van der Waals surface area contributed by atoms with Crippen LogP contribution in [0.4, 0.5) is 4.39 Å². The van der Waals surface area contributed by atoms with Crippen LogP contribution in [0.1, 0.15) is 28.3 Å². The SMILES string of the molecule is O=C(c1ccc(-c2ccccc2)cc1F)N1CCC(c2cccnc2)C1. The molecule has 2 heterocycles. The highest BCUT2D eigenvalue weighted by molar-refractivity contribution is 5.95. The molecule has 4 rings (SSSR count). The van der Waals surface area contributed by atoms with Crippen molar-refractivity contribution >= 4 is 5.91 Å². The van der Waals surface area contributed by atoms with Crippen LogP contribution in [-0.2, 0) is 0 Å². The number of rotatable bonds is 3. The Morgan fingerprint density at radius 1 is 1.04 bits per heavy atom. The first-order chi connectivity index (χ1) is 12.7. The number of carbonyl (C=O) groups is 1. The number of hydrogen-bond donors (Lipinski definition) is 0.